The number of fused-ring (bicyclic) bond motifs is 3. The highest BCUT2D eigenvalue weighted by atomic mass is 19.1. The highest BCUT2D eigenvalue weighted by Gasteiger charge is 2.36. The van der Waals surface area contributed by atoms with Gasteiger partial charge in [-0.2, -0.15) is 5.10 Å². The van der Waals surface area contributed by atoms with E-state index in [0.717, 1.165) is 58.6 Å². The zero-order valence-electron chi connectivity index (χ0n) is 21.6. The molecule has 0 fully saturated rings. The molecule has 5 aromatic rings. The molecule has 1 aliphatic heterocycles. The van der Waals surface area contributed by atoms with Gasteiger partial charge in [0, 0.05) is 17.8 Å². The number of amides is 2. The van der Waals surface area contributed by atoms with Crippen molar-refractivity contribution in [1.29, 1.82) is 0 Å². The van der Waals surface area contributed by atoms with Gasteiger partial charge < -0.3 is 14.8 Å². The van der Waals surface area contributed by atoms with E-state index >= 15 is 0 Å². The van der Waals surface area contributed by atoms with E-state index in [2.05, 4.69) is 28.9 Å². The van der Waals surface area contributed by atoms with Crippen molar-refractivity contribution >= 4 is 11.7 Å². The van der Waals surface area contributed by atoms with Crippen molar-refractivity contribution in [3.8, 4) is 11.5 Å². The van der Waals surface area contributed by atoms with Crippen LogP contribution in [0.4, 0.5) is 19.3 Å². The number of rotatable bonds is 4. The number of hydrogen-bond donors (Lipinski definition) is 1. The lowest BCUT2D eigenvalue weighted by molar-refractivity contribution is 0.194. The summed E-state index contributed by atoms with van der Waals surface area (Å²) in [6.07, 6.45) is 2.86. The molecular formula is C31H27F2N5O. The Morgan fingerprint density at radius 1 is 1.00 bits per heavy atom. The van der Waals surface area contributed by atoms with E-state index in [1.807, 2.05) is 72.4 Å². The first-order chi connectivity index (χ1) is 18.9. The Labute approximate surface area is 225 Å². The number of anilines is 1. The van der Waals surface area contributed by atoms with Crippen molar-refractivity contribution < 1.29 is 13.6 Å². The molecule has 0 bridgehead atoms. The smallest absolute Gasteiger partial charge is 0.307 e. The van der Waals surface area contributed by atoms with Crippen molar-refractivity contribution in [3.63, 3.8) is 0 Å². The number of carbonyl (C=O) groups excluding carboxylic acids is 1. The lowest BCUT2D eigenvalue weighted by Crippen LogP contribution is -2.38. The van der Waals surface area contributed by atoms with Crippen LogP contribution >= 0.6 is 0 Å². The number of benzene rings is 3. The summed E-state index contributed by atoms with van der Waals surface area (Å²) in [4.78, 5) is 15.6. The van der Waals surface area contributed by atoms with E-state index in [4.69, 9.17) is 5.10 Å². The van der Waals surface area contributed by atoms with Gasteiger partial charge in [0.05, 0.1) is 35.3 Å². The fourth-order valence-electron chi connectivity index (χ4n) is 5.22. The fourth-order valence-corrected chi connectivity index (χ4v) is 5.22. The van der Waals surface area contributed by atoms with E-state index in [0.29, 0.717) is 0 Å². The molecule has 0 saturated carbocycles. The average molecular weight is 524 g/mol. The number of carbonyl (C=O) groups is 1. The minimum atomic E-state index is -0.708. The van der Waals surface area contributed by atoms with E-state index < -0.39 is 23.7 Å². The number of hydrogen-bond acceptors (Lipinski definition) is 2. The molecule has 196 valence electrons. The largest absolute Gasteiger partial charge is 0.323 e. The first-order valence-corrected chi connectivity index (χ1v) is 12.9. The molecule has 0 unspecified atom stereocenters. The number of para-hydroxylation sites is 1. The Hall–Kier alpha value is -4.72. The minimum Gasteiger partial charge on any atom is -0.307 e. The average Bonchev–Trinajstić information content (AvgIpc) is 3.51. The molecule has 6 nitrogen and oxygen atoms in total. The Bertz CT molecular complexity index is 1660. The maximum Gasteiger partial charge on any atom is 0.323 e. The predicted octanol–water partition coefficient (Wildman–Crippen LogP) is 6.95. The van der Waals surface area contributed by atoms with Gasteiger partial charge in [0.25, 0.3) is 0 Å². The number of halogens is 2. The van der Waals surface area contributed by atoms with Crippen LogP contribution in [-0.4, -0.2) is 25.3 Å². The van der Waals surface area contributed by atoms with Gasteiger partial charge in [0.2, 0.25) is 0 Å². The lowest BCUT2D eigenvalue weighted by atomic mass is 9.99. The number of nitrogens with zero attached hydrogens (tertiary/aromatic N) is 4. The molecule has 39 heavy (non-hydrogen) atoms. The third kappa shape index (κ3) is 4.37. The third-order valence-corrected chi connectivity index (χ3v) is 7.22. The fraction of sp³-hybridized carbons (Fsp3) is 0.161. The number of aromatic nitrogens is 3. The number of urea groups is 1. The van der Waals surface area contributed by atoms with Gasteiger partial charge >= 0.3 is 6.03 Å². The second-order valence-corrected chi connectivity index (χ2v) is 9.62. The maximum atomic E-state index is 14.5. The Morgan fingerprint density at radius 2 is 1.77 bits per heavy atom. The summed E-state index contributed by atoms with van der Waals surface area (Å²) >= 11 is 0. The molecule has 2 amide bonds. The van der Waals surface area contributed by atoms with Gasteiger partial charge in [-0.15, -0.1) is 0 Å². The molecule has 8 heteroatoms. The lowest BCUT2D eigenvalue weighted by Gasteiger charge is -2.31. The molecule has 1 aliphatic rings. The summed E-state index contributed by atoms with van der Waals surface area (Å²) in [6.45, 7) is 4.21. The van der Waals surface area contributed by atoms with Crippen molar-refractivity contribution in [3.05, 3.63) is 131 Å². The van der Waals surface area contributed by atoms with Crippen LogP contribution in [0.2, 0.25) is 0 Å². The van der Waals surface area contributed by atoms with E-state index in [-0.39, 0.29) is 12.2 Å². The third-order valence-electron chi connectivity index (χ3n) is 7.22. The molecule has 3 aromatic carbocycles. The molecule has 6 rings (SSSR count). The first-order valence-electron chi connectivity index (χ1n) is 12.9. The summed E-state index contributed by atoms with van der Waals surface area (Å²) in [5.41, 5.74) is 5.25. The molecule has 1 atom stereocenters. The van der Waals surface area contributed by atoms with Crippen molar-refractivity contribution in [2.45, 2.75) is 32.9 Å². The van der Waals surface area contributed by atoms with Crippen LogP contribution in [-0.2, 0) is 13.0 Å². The Kier molecular flexibility index (Phi) is 6.23. The summed E-state index contributed by atoms with van der Waals surface area (Å²) < 4.78 is 32.4. The van der Waals surface area contributed by atoms with E-state index in [1.54, 1.807) is 4.90 Å². The van der Waals surface area contributed by atoms with Gasteiger partial charge in [0.1, 0.15) is 17.5 Å². The minimum absolute atomic E-state index is 0.207. The van der Waals surface area contributed by atoms with Crippen LogP contribution in [0, 0.1) is 18.6 Å². The number of aryl methyl sites for hydroxylation is 2. The summed E-state index contributed by atoms with van der Waals surface area (Å²) in [5.74, 6) is -0.507. The molecule has 2 aromatic heterocycles. The molecular weight excluding hydrogens is 496 g/mol. The normalized spacial score (nSPS) is 14.5. The topological polar surface area (TPSA) is 55.1 Å². The zero-order valence-corrected chi connectivity index (χ0v) is 21.6. The molecule has 0 radical (unpaired) electrons. The predicted molar refractivity (Wildman–Crippen MR) is 146 cm³/mol. The maximum absolute atomic E-state index is 14.5. The molecule has 0 aliphatic carbocycles. The quantitative estimate of drug-likeness (QED) is 0.277. The van der Waals surface area contributed by atoms with Crippen LogP contribution in [0.3, 0.4) is 0 Å². The zero-order chi connectivity index (χ0) is 27.1. The first kappa shape index (κ1) is 24.6. The Morgan fingerprint density at radius 3 is 2.51 bits per heavy atom. The second kappa shape index (κ2) is 9.87. The van der Waals surface area contributed by atoms with Crippen molar-refractivity contribution in [2.24, 2.45) is 0 Å². The summed E-state index contributed by atoms with van der Waals surface area (Å²) in [6, 6.07) is 23.9. The molecule has 0 saturated heterocycles. The van der Waals surface area contributed by atoms with Gasteiger partial charge in [-0.05, 0) is 60.9 Å². The van der Waals surface area contributed by atoms with Crippen molar-refractivity contribution in [1.82, 2.24) is 19.2 Å². The molecule has 1 N–H and O–H groups in total. The van der Waals surface area contributed by atoms with E-state index in [1.165, 1.54) is 5.56 Å². The van der Waals surface area contributed by atoms with Crippen LogP contribution in [0.25, 0.3) is 11.5 Å². The highest BCUT2D eigenvalue weighted by Crippen LogP contribution is 2.39. The Balaban J connectivity index is 1.53. The van der Waals surface area contributed by atoms with Crippen molar-refractivity contribution in [2.75, 3.05) is 5.32 Å². The molecule has 3 heterocycles. The summed E-state index contributed by atoms with van der Waals surface area (Å²) in [5, 5.41) is 7.45. The SMILES string of the molecule is CCc1ccc([C@@H]2c3cccn3-c3c(c(C)nn3-c3ccccc3)CN2C(=O)Nc2cc(F)ccc2F)cc1. The van der Waals surface area contributed by atoms with Gasteiger partial charge in [-0.1, -0.05) is 49.4 Å². The van der Waals surface area contributed by atoms with Gasteiger partial charge in [-0.25, -0.2) is 18.3 Å². The standard InChI is InChI=1S/C31H27F2N5O/c1-3-21-11-13-22(14-12-21)29-28-10-7-17-36(28)30-25(20(2)35-38(30)24-8-5-4-6-9-24)19-37(29)31(39)34-27-18-23(32)15-16-26(27)33/h4-18,29H,3,19H2,1-2H3,(H,34,39)/t29-/m1/s1. The highest BCUT2D eigenvalue weighted by molar-refractivity contribution is 5.90. The van der Waals surface area contributed by atoms with Crippen LogP contribution in [0.5, 0.6) is 0 Å². The van der Waals surface area contributed by atoms with Gasteiger partial charge in [0.15, 0.2) is 0 Å². The van der Waals surface area contributed by atoms with Crippen LogP contribution < -0.4 is 5.32 Å². The summed E-state index contributed by atoms with van der Waals surface area (Å²) in [7, 11) is 0. The van der Waals surface area contributed by atoms with Gasteiger partial charge in [-0.3, -0.25) is 0 Å². The second-order valence-electron chi connectivity index (χ2n) is 9.62. The van der Waals surface area contributed by atoms with Crippen LogP contribution in [0.1, 0.15) is 41.0 Å². The van der Waals surface area contributed by atoms with E-state index in [9.17, 15) is 13.6 Å². The monoisotopic (exact) mass is 523 g/mol. The number of nitrogens with one attached hydrogen (secondary N) is 1. The molecule has 0 spiro atoms. The van der Waals surface area contributed by atoms with Crippen LogP contribution in [0.15, 0.2) is 91.1 Å².